The maximum Gasteiger partial charge on any atom is 0.160 e. The third kappa shape index (κ3) is 3.80. The number of hydrogen-bond acceptors (Lipinski definition) is 2. The molecule has 0 N–H and O–H groups in total. The van der Waals surface area contributed by atoms with Crippen molar-refractivity contribution >= 4 is 27.5 Å². The first kappa shape index (κ1) is 21.5. The number of rotatable bonds is 3. The first-order valence-corrected chi connectivity index (χ1v) is 11.1. The van der Waals surface area contributed by atoms with Crippen molar-refractivity contribution in [1.29, 1.82) is 0 Å². The second-order valence-corrected chi connectivity index (χ2v) is 7.65. The number of hydrogen-bond donors (Lipinski definition) is 0. The molecule has 0 aliphatic heterocycles. The maximum atomic E-state index is 12.3. The molecule has 2 heteroatoms. The van der Waals surface area contributed by atoms with Crippen molar-refractivity contribution in [2.75, 3.05) is 0 Å². The van der Waals surface area contributed by atoms with Gasteiger partial charge in [0.1, 0.15) is 0 Å². The van der Waals surface area contributed by atoms with Crippen LogP contribution in [0.25, 0.3) is 43.9 Å². The molecule has 0 unspecified atom stereocenters. The van der Waals surface area contributed by atoms with Crippen LogP contribution in [-0.2, 0) is 0 Å². The Bertz CT molecular complexity index is 1410. The van der Waals surface area contributed by atoms with E-state index < -0.39 is 0 Å². The Morgan fingerprint density at radius 3 is 2.00 bits per heavy atom. The molecule has 5 rings (SSSR count). The van der Waals surface area contributed by atoms with E-state index in [2.05, 4.69) is 54.4 Å². The zero-order valence-corrected chi connectivity index (χ0v) is 19.0. The summed E-state index contributed by atoms with van der Waals surface area (Å²) >= 11 is 0. The molecule has 0 amide bonds. The topological polar surface area (TPSA) is 30.0 Å². The average Bonchev–Trinajstić information content (AvgIpc) is 2.85. The van der Waals surface area contributed by atoms with E-state index in [4.69, 9.17) is 0 Å². The lowest BCUT2D eigenvalue weighted by atomic mass is 9.89. The van der Waals surface area contributed by atoms with Crippen LogP contribution < -0.4 is 0 Å². The molecule has 158 valence electrons. The van der Waals surface area contributed by atoms with E-state index in [1.807, 2.05) is 62.5 Å². The fourth-order valence-electron chi connectivity index (χ4n) is 4.30. The number of Topliss-reactive ketones (excluding diaryl/α,β-unsaturated/α-hetero) is 1. The highest BCUT2D eigenvalue weighted by atomic mass is 16.1. The largest absolute Gasteiger partial charge is 0.294 e. The van der Waals surface area contributed by atoms with Crippen LogP contribution in [0.1, 0.15) is 36.7 Å². The van der Waals surface area contributed by atoms with Crippen molar-refractivity contribution < 1.29 is 4.79 Å². The minimum absolute atomic E-state index is 0.0901. The van der Waals surface area contributed by atoms with Crippen molar-refractivity contribution in [3.8, 4) is 22.3 Å². The van der Waals surface area contributed by atoms with Crippen LogP contribution in [0.2, 0.25) is 0 Å². The Hall–Kier alpha value is -3.78. The highest BCUT2D eigenvalue weighted by Crippen LogP contribution is 2.35. The Kier molecular flexibility index (Phi) is 6.13. The van der Waals surface area contributed by atoms with E-state index >= 15 is 0 Å². The monoisotopic (exact) mass is 417 g/mol. The zero-order valence-electron chi connectivity index (χ0n) is 19.0. The van der Waals surface area contributed by atoms with E-state index in [9.17, 15) is 4.79 Å². The molecule has 0 saturated heterocycles. The summed E-state index contributed by atoms with van der Waals surface area (Å²) < 4.78 is 0. The Balaban J connectivity index is 0.00000119. The fourth-order valence-corrected chi connectivity index (χ4v) is 4.30. The molecule has 1 aromatic heterocycles. The molecule has 0 radical (unpaired) electrons. The predicted octanol–water partition coefficient (Wildman–Crippen LogP) is 8.26. The molecule has 1 heterocycles. The van der Waals surface area contributed by atoms with Crippen molar-refractivity contribution in [3.05, 3.63) is 102 Å². The van der Waals surface area contributed by atoms with Crippen LogP contribution in [0, 0.1) is 6.92 Å². The molecule has 0 aliphatic carbocycles. The number of carbonyl (C=O) groups is 1. The van der Waals surface area contributed by atoms with E-state index in [1.165, 1.54) is 11.1 Å². The second kappa shape index (κ2) is 9.15. The van der Waals surface area contributed by atoms with Gasteiger partial charge in [0, 0.05) is 17.1 Å². The number of ketones is 1. The number of benzene rings is 4. The van der Waals surface area contributed by atoms with Crippen LogP contribution >= 0.6 is 0 Å². The minimum atomic E-state index is 0.0901. The van der Waals surface area contributed by atoms with E-state index in [-0.39, 0.29) is 5.78 Å². The standard InChI is InChI=1S/C28H21NO.C2H6/c1-18-22-7-3-4-8-24(22)27(19(2)30)17-26(18)21-14-12-20(13-15-21)23-9-5-11-28-25(23)10-6-16-29-28;1-2/h3-17H,1-2H3;1-2H3. The van der Waals surface area contributed by atoms with Gasteiger partial charge in [-0.1, -0.05) is 80.6 Å². The molecule has 0 atom stereocenters. The Morgan fingerprint density at radius 1 is 0.688 bits per heavy atom. The summed E-state index contributed by atoms with van der Waals surface area (Å²) in [5, 5.41) is 3.30. The summed E-state index contributed by atoms with van der Waals surface area (Å²) in [7, 11) is 0. The van der Waals surface area contributed by atoms with E-state index in [1.54, 1.807) is 6.92 Å². The summed E-state index contributed by atoms with van der Waals surface area (Å²) in [6.07, 6.45) is 1.82. The van der Waals surface area contributed by atoms with E-state index in [0.29, 0.717) is 0 Å². The molecule has 5 aromatic rings. The molecule has 2 nitrogen and oxygen atoms in total. The molecule has 0 bridgehead atoms. The third-order valence-corrected chi connectivity index (χ3v) is 5.85. The van der Waals surface area contributed by atoms with Gasteiger partial charge in [0.05, 0.1) is 5.52 Å². The number of aryl methyl sites for hydroxylation is 1. The Labute approximate surface area is 189 Å². The summed E-state index contributed by atoms with van der Waals surface area (Å²) in [4.78, 5) is 16.8. The highest BCUT2D eigenvalue weighted by molar-refractivity contribution is 6.10. The van der Waals surface area contributed by atoms with Gasteiger partial charge in [0.2, 0.25) is 0 Å². The van der Waals surface area contributed by atoms with Gasteiger partial charge in [0.15, 0.2) is 5.78 Å². The normalized spacial score (nSPS) is 10.6. The van der Waals surface area contributed by atoms with Gasteiger partial charge < -0.3 is 0 Å². The molecule has 0 saturated carbocycles. The fraction of sp³-hybridized carbons (Fsp3) is 0.133. The molecule has 0 fully saturated rings. The van der Waals surface area contributed by atoms with Gasteiger partial charge in [-0.2, -0.15) is 0 Å². The van der Waals surface area contributed by atoms with Gasteiger partial charge in [-0.15, -0.1) is 0 Å². The van der Waals surface area contributed by atoms with Gasteiger partial charge in [-0.3, -0.25) is 9.78 Å². The SMILES string of the molecule is CC.CC(=O)c1cc(-c2ccc(-c3cccc4ncccc34)cc2)c(C)c2ccccc12. The third-order valence-electron chi connectivity index (χ3n) is 5.85. The summed E-state index contributed by atoms with van der Waals surface area (Å²) in [5.74, 6) is 0.0901. The van der Waals surface area contributed by atoms with Gasteiger partial charge in [0.25, 0.3) is 0 Å². The zero-order chi connectivity index (χ0) is 22.7. The number of nitrogens with zero attached hydrogens (tertiary/aromatic N) is 1. The molecular formula is C30H27NO. The second-order valence-electron chi connectivity index (χ2n) is 7.65. The van der Waals surface area contributed by atoms with Gasteiger partial charge >= 0.3 is 0 Å². The highest BCUT2D eigenvalue weighted by Gasteiger charge is 2.13. The van der Waals surface area contributed by atoms with Crippen LogP contribution in [0.5, 0.6) is 0 Å². The molecule has 4 aromatic carbocycles. The molecule has 32 heavy (non-hydrogen) atoms. The van der Waals surface area contributed by atoms with Crippen molar-refractivity contribution in [2.24, 2.45) is 0 Å². The lowest BCUT2D eigenvalue weighted by Crippen LogP contribution is -1.97. The number of pyridine rings is 1. The van der Waals surface area contributed by atoms with Crippen molar-refractivity contribution in [1.82, 2.24) is 4.98 Å². The predicted molar refractivity (Wildman–Crippen MR) is 136 cm³/mol. The number of aromatic nitrogens is 1. The summed E-state index contributed by atoms with van der Waals surface area (Å²) in [5.41, 5.74) is 7.51. The molecule has 0 spiro atoms. The number of carbonyl (C=O) groups excluding carboxylic acids is 1. The quantitative estimate of drug-likeness (QED) is 0.277. The van der Waals surface area contributed by atoms with Gasteiger partial charge in [-0.05, 0) is 70.6 Å². The molecule has 0 aliphatic rings. The summed E-state index contributed by atoms with van der Waals surface area (Å²) in [6.45, 7) is 7.77. The lowest BCUT2D eigenvalue weighted by Gasteiger charge is -2.14. The maximum absolute atomic E-state index is 12.3. The minimum Gasteiger partial charge on any atom is -0.294 e. The van der Waals surface area contributed by atoms with Crippen molar-refractivity contribution in [2.45, 2.75) is 27.7 Å². The Morgan fingerprint density at radius 2 is 1.31 bits per heavy atom. The van der Waals surface area contributed by atoms with E-state index in [0.717, 1.165) is 43.9 Å². The molecular weight excluding hydrogens is 390 g/mol. The first-order valence-electron chi connectivity index (χ1n) is 11.1. The lowest BCUT2D eigenvalue weighted by molar-refractivity contribution is 0.101. The van der Waals surface area contributed by atoms with Crippen LogP contribution in [0.15, 0.2) is 91.1 Å². The van der Waals surface area contributed by atoms with Crippen LogP contribution in [-0.4, -0.2) is 10.8 Å². The first-order chi connectivity index (χ1) is 15.6. The van der Waals surface area contributed by atoms with Gasteiger partial charge in [-0.25, -0.2) is 0 Å². The summed E-state index contributed by atoms with van der Waals surface area (Å²) in [6, 6.07) is 29.1. The van der Waals surface area contributed by atoms with Crippen LogP contribution in [0.4, 0.5) is 0 Å². The van der Waals surface area contributed by atoms with Crippen molar-refractivity contribution in [3.63, 3.8) is 0 Å². The smallest absolute Gasteiger partial charge is 0.160 e. The number of fused-ring (bicyclic) bond motifs is 2. The average molecular weight is 418 g/mol. The van der Waals surface area contributed by atoms with Crippen LogP contribution in [0.3, 0.4) is 0 Å².